The molecule has 4 rings (SSSR count). The van der Waals surface area contributed by atoms with E-state index in [-0.39, 0.29) is 0 Å². The molecule has 0 bridgehead atoms. The van der Waals surface area contributed by atoms with Gasteiger partial charge in [0, 0.05) is 29.9 Å². The van der Waals surface area contributed by atoms with Crippen molar-refractivity contribution in [3.63, 3.8) is 0 Å². The summed E-state index contributed by atoms with van der Waals surface area (Å²) in [5.74, 6) is 0. The Morgan fingerprint density at radius 2 is 1.62 bits per heavy atom. The second-order valence-corrected chi connectivity index (χ2v) is 6.87. The molecule has 3 nitrogen and oxygen atoms in total. The summed E-state index contributed by atoms with van der Waals surface area (Å²) in [6.45, 7) is 1.56. The van der Waals surface area contributed by atoms with Crippen LogP contribution in [0.4, 0.5) is 0 Å². The number of hydrogen-bond donors (Lipinski definition) is 0. The number of hydrogen-bond acceptors (Lipinski definition) is 2. The van der Waals surface area contributed by atoms with Crippen molar-refractivity contribution in [1.29, 1.82) is 0 Å². The molecule has 0 aliphatic rings. The van der Waals surface area contributed by atoms with E-state index in [0.717, 1.165) is 40.6 Å². The largest absolute Gasteiger partial charge is 0.302 e. The second-order valence-electron chi connectivity index (χ2n) is 6.47. The second kappa shape index (κ2) is 7.32. The van der Waals surface area contributed by atoms with Crippen molar-refractivity contribution in [2.45, 2.75) is 13.1 Å². The van der Waals surface area contributed by atoms with Gasteiger partial charge < -0.3 is 4.40 Å². The van der Waals surface area contributed by atoms with Gasteiger partial charge in [0.05, 0.1) is 11.4 Å². The van der Waals surface area contributed by atoms with Crippen LogP contribution in [0.3, 0.4) is 0 Å². The monoisotopic (exact) mass is 361 g/mol. The van der Waals surface area contributed by atoms with E-state index in [1.165, 1.54) is 5.69 Å². The van der Waals surface area contributed by atoms with Gasteiger partial charge in [-0.2, -0.15) is 0 Å². The first kappa shape index (κ1) is 16.8. The van der Waals surface area contributed by atoms with Gasteiger partial charge in [-0.15, -0.1) is 0 Å². The molecule has 4 heteroatoms. The number of aromatic nitrogens is 2. The minimum Gasteiger partial charge on any atom is -0.302 e. The normalized spacial score (nSPS) is 11.3. The van der Waals surface area contributed by atoms with Crippen molar-refractivity contribution in [2.75, 3.05) is 7.05 Å². The van der Waals surface area contributed by atoms with Gasteiger partial charge in [-0.05, 0) is 30.8 Å². The summed E-state index contributed by atoms with van der Waals surface area (Å²) < 4.78 is 2.17. The molecule has 0 fully saturated rings. The molecule has 0 radical (unpaired) electrons. The Morgan fingerprint density at radius 1 is 0.885 bits per heavy atom. The SMILES string of the molecule is CN(Cc1ccccc1Cl)Cc1c(-c2ccccc2)nc2ccccn12. The smallest absolute Gasteiger partial charge is 0.137 e. The fourth-order valence-corrected chi connectivity index (χ4v) is 3.45. The minimum atomic E-state index is 0.778. The predicted octanol–water partition coefficient (Wildman–Crippen LogP) is 5.29. The van der Waals surface area contributed by atoms with Crippen LogP contribution in [-0.4, -0.2) is 21.3 Å². The van der Waals surface area contributed by atoms with Gasteiger partial charge in [-0.25, -0.2) is 4.98 Å². The number of nitrogens with zero attached hydrogens (tertiary/aromatic N) is 3. The van der Waals surface area contributed by atoms with E-state index in [1.807, 2.05) is 42.5 Å². The number of rotatable bonds is 5. The van der Waals surface area contributed by atoms with E-state index in [2.05, 4.69) is 52.9 Å². The van der Waals surface area contributed by atoms with Crippen molar-refractivity contribution < 1.29 is 0 Å². The van der Waals surface area contributed by atoms with Crippen LogP contribution < -0.4 is 0 Å². The first-order chi connectivity index (χ1) is 12.7. The van der Waals surface area contributed by atoms with Crippen molar-refractivity contribution in [3.05, 3.63) is 95.3 Å². The Bertz CT molecular complexity index is 1020. The van der Waals surface area contributed by atoms with Crippen molar-refractivity contribution in [2.24, 2.45) is 0 Å². The lowest BCUT2D eigenvalue weighted by Crippen LogP contribution is -2.19. The van der Waals surface area contributed by atoms with Crippen LogP contribution in [0.15, 0.2) is 79.0 Å². The molecule has 2 aromatic heterocycles. The van der Waals surface area contributed by atoms with Gasteiger partial charge in [-0.3, -0.25) is 4.90 Å². The highest BCUT2D eigenvalue weighted by molar-refractivity contribution is 6.31. The third kappa shape index (κ3) is 3.36. The van der Waals surface area contributed by atoms with Gasteiger partial charge in [0.25, 0.3) is 0 Å². The molecule has 0 N–H and O–H groups in total. The van der Waals surface area contributed by atoms with Crippen LogP contribution in [0.1, 0.15) is 11.3 Å². The average molecular weight is 362 g/mol. The molecule has 2 aromatic carbocycles. The Labute approximate surface area is 158 Å². The number of halogens is 1. The summed E-state index contributed by atoms with van der Waals surface area (Å²) in [4.78, 5) is 7.14. The molecule has 2 heterocycles. The number of imidazole rings is 1. The summed E-state index contributed by atoms with van der Waals surface area (Å²) in [5, 5.41) is 0.806. The summed E-state index contributed by atoms with van der Waals surface area (Å²) in [6.07, 6.45) is 2.08. The molecule has 0 unspecified atom stereocenters. The Kier molecular flexibility index (Phi) is 4.74. The fraction of sp³-hybridized carbons (Fsp3) is 0.136. The molecular formula is C22H20ClN3. The highest BCUT2D eigenvalue weighted by atomic mass is 35.5. The van der Waals surface area contributed by atoms with Crippen molar-refractivity contribution >= 4 is 17.2 Å². The highest BCUT2D eigenvalue weighted by Crippen LogP contribution is 2.26. The van der Waals surface area contributed by atoms with Crippen LogP contribution >= 0.6 is 11.6 Å². The van der Waals surface area contributed by atoms with E-state index in [0.29, 0.717) is 0 Å². The van der Waals surface area contributed by atoms with E-state index in [4.69, 9.17) is 16.6 Å². The van der Waals surface area contributed by atoms with Crippen LogP contribution in [0.5, 0.6) is 0 Å². The van der Waals surface area contributed by atoms with Crippen LogP contribution in [0, 0.1) is 0 Å². The molecule has 130 valence electrons. The zero-order chi connectivity index (χ0) is 17.9. The van der Waals surface area contributed by atoms with Gasteiger partial charge in [0.1, 0.15) is 5.65 Å². The first-order valence-electron chi connectivity index (χ1n) is 8.66. The fourth-order valence-electron chi connectivity index (χ4n) is 3.25. The standard InChI is InChI=1S/C22H20ClN3/c1-25(15-18-11-5-6-12-19(18)23)16-20-22(17-9-3-2-4-10-17)24-21-13-7-8-14-26(20)21/h2-14H,15-16H2,1H3. The molecule has 4 aromatic rings. The highest BCUT2D eigenvalue weighted by Gasteiger charge is 2.16. The lowest BCUT2D eigenvalue weighted by atomic mass is 10.1. The van der Waals surface area contributed by atoms with Gasteiger partial charge >= 0.3 is 0 Å². The maximum Gasteiger partial charge on any atom is 0.137 e. The molecule has 0 aliphatic heterocycles. The van der Waals surface area contributed by atoms with Crippen molar-refractivity contribution in [3.8, 4) is 11.3 Å². The van der Waals surface area contributed by atoms with E-state index >= 15 is 0 Å². The lowest BCUT2D eigenvalue weighted by Gasteiger charge is -2.18. The van der Waals surface area contributed by atoms with Gasteiger partial charge in [0.15, 0.2) is 0 Å². The molecular weight excluding hydrogens is 342 g/mol. The Balaban J connectivity index is 1.70. The van der Waals surface area contributed by atoms with Crippen LogP contribution in [-0.2, 0) is 13.1 Å². The molecule has 0 atom stereocenters. The molecule has 0 saturated heterocycles. The Morgan fingerprint density at radius 3 is 2.42 bits per heavy atom. The zero-order valence-electron chi connectivity index (χ0n) is 14.6. The molecule has 0 amide bonds. The molecule has 26 heavy (non-hydrogen) atoms. The van der Waals surface area contributed by atoms with Crippen molar-refractivity contribution in [1.82, 2.24) is 14.3 Å². The summed E-state index contributed by atoms with van der Waals surface area (Å²) in [6, 6.07) is 24.5. The average Bonchev–Trinajstić information content (AvgIpc) is 3.03. The number of fused-ring (bicyclic) bond motifs is 1. The van der Waals surface area contributed by atoms with E-state index in [9.17, 15) is 0 Å². The summed E-state index contributed by atoms with van der Waals surface area (Å²) in [7, 11) is 2.11. The molecule has 0 spiro atoms. The summed E-state index contributed by atoms with van der Waals surface area (Å²) >= 11 is 6.33. The topological polar surface area (TPSA) is 20.5 Å². The number of benzene rings is 2. The van der Waals surface area contributed by atoms with Gasteiger partial charge in [0.2, 0.25) is 0 Å². The predicted molar refractivity (Wildman–Crippen MR) is 107 cm³/mol. The molecule has 0 saturated carbocycles. The zero-order valence-corrected chi connectivity index (χ0v) is 15.4. The Hall–Kier alpha value is -2.62. The summed E-state index contributed by atoms with van der Waals surface area (Å²) in [5.41, 5.74) is 5.45. The first-order valence-corrected chi connectivity index (χ1v) is 9.03. The quantitative estimate of drug-likeness (QED) is 0.481. The maximum absolute atomic E-state index is 6.33. The third-order valence-corrected chi connectivity index (χ3v) is 4.86. The third-order valence-electron chi connectivity index (χ3n) is 4.49. The van der Waals surface area contributed by atoms with Crippen LogP contribution in [0.25, 0.3) is 16.9 Å². The van der Waals surface area contributed by atoms with E-state index in [1.54, 1.807) is 0 Å². The van der Waals surface area contributed by atoms with Crippen LogP contribution in [0.2, 0.25) is 5.02 Å². The van der Waals surface area contributed by atoms with E-state index < -0.39 is 0 Å². The maximum atomic E-state index is 6.33. The van der Waals surface area contributed by atoms with Gasteiger partial charge in [-0.1, -0.05) is 66.2 Å². The number of pyridine rings is 1. The molecule has 0 aliphatic carbocycles. The minimum absolute atomic E-state index is 0.778. The lowest BCUT2D eigenvalue weighted by molar-refractivity contribution is 0.315.